The third-order valence-electron chi connectivity index (χ3n) is 3.02. The first-order valence-electron chi connectivity index (χ1n) is 6.42. The molecule has 3 rings (SSSR count). The number of hydrogen-bond donors (Lipinski definition) is 0. The van der Waals surface area contributed by atoms with Gasteiger partial charge in [-0.3, -0.25) is 4.52 Å². The molecular formula is C13H14N6O2. The average molecular weight is 286 g/mol. The van der Waals surface area contributed by atoms with Gasteiger partial charge in [-0.1, -0.05) is 23.4 Å². The van der Waals surface area contributed by atoms with Crippen molar-refractivity contribution in [2.45, 2.75) is 27.4 Å². The molecular weight excluding hydrogens is 272 g/mol. The van der Waals surface area contributed by atoms with Crippen molar-refractivity contribution in [3.8, 4) is 11.8 Å². The van der Waals surface area contributed by atoms with Crippen LogP contribution in [0.25, 0.3) is 5.69 Å². The van der Waals surface area contributed by atoms with Gasteiger partial charge in [-0.15, -0.1) is 5.10 Å². The lowest BCUT2D eigenvalue weighted by atomic mass is 10.1. The highest BCUT2D eigenvalue weighted by molar-refractivity contribution is 5.46. The van der Waals surface area contributed by atoms with Crippen molar-refractivity contribution >= 4 is 0 Å². The second kappa shape index (κ2) is 5.31. The third-order valence-corrected chi connectivity index (χ3v) is 3.02. The summed E-state index contributed by atoms with van der Waals surface area (Å²) in [6, 6.07) is 6.02. The van der Waals surface area contributed by atoms with Gasteiger partial charge in [-0.2, -0.15) is 9.67 Å². The molecule has 1 aromatic carbocycles. The Labute approximate surface area is 120 Å². The van der Waals surface area contributed by atoms with Gasteiger partial charge in [-0.25, -0.2) is 0 Å². The van der Waals surface area contributed by atoms with Crippen LogP contribution >= 0.6 is 0 Å². The molecule has 108 valence electrons. The predicted molar refractivity (Wildman–Crippen MR) is 72.0 cm³/mol. The SMILES string of the molecule is Cc1noc(OCc2nnnn2-c2c(C)cccc2C)n1. The first-order chi connectivity index (χ1) is 10.1. The normalized spacial score (nSPS) is 10.8. The summed E-state index contributed by atoms with van der Waals surface area (Å²) in [5, 5.41) is 15.4. The number of hydrogen-bond acceptors (Lipinski definition) is 7. The number of ether oxygens (including phenoxy) is 1. The smallest absolute Gasteiger partial charge is 0.417 e. The summed E-state index contributed by atoms with van der Waals surface area (Å²) in [5.41, 5.74) is 3.11. The Hall–Kier alpha value is -2.77. The second-order valence-corrected chi connectivity index (χ2v) is 4.64. The van der Waals surface area contributed by atoms with Gasteiger partial charge in [0.1, 0.15) is 0 Å². The summed E-state index contributed by atoms with van der Waals surface area (Å²) in [6.45, 7) is 5.88. The molecule has 3 aromatic rings. The van der Waals surface area contributed by atoms with Crippen LogP contribution in [-0.2, 0) is 6.61 Å². The van der Waals surface area contributed by atoms with Gasteiger partial charge in [0.25, 0.3) is 0 Å². The van der Waals surface area contributed by atoms with Crippen LogP contribution in [0.2, 0.25) is 0 Å². The van der Waals surface area contributed by atoms with Gasteiger partial charge in [0, 0.05) is 0 Å². The van der Waals surface area contributed by atoms with Crippen LogP contribution in [0.4, 0.5) is 0 Å². The molecule has 0 unspecified atom stereocenters. The van der Waals surface area contributed by atoms with Gasteiger partial charge in [-0.05, 0) is 42.3 Å². The second-order valence-electron chi connectivity index (χ2n) is 4.64. The van der Waals surface area contributed by atoms with E-state index in [1.54, 1.807) is 11.6 Å². The van der Waals surface area contributed by atoms with E-state index in [0.717, 1.165) is 16.8 Å². The highest BCUT2D eigenvalue weighted by atomic mass is 16.6. The third kappa shape index (κ3) is 2.60. The molecule has 0 fully saturated rings. The van der Waals surface area contributed by atoms with Crippen molar-refractivity contribution in [1.29, 1.82) is 0 Å². The van der Waals surface area contributed by atoms with Gasteiger partial charge >= 0.3 is 6.08 Å². The van der Waals surface area contributed by atoms with Crippen LogP contribution in [-0.4, -0.2) is 30.3 Å². The maximum atomic E-state index is 5.41. The van der Waals surface area contributed by atoms with Crippen molar-refractivity contribution in [2.75, 3.05) is 0 Å². The van der Waals surface area contributed by atoms with E-state index in [0.29, 0.717) is 11.6 Å². The van der Waals surface area contributed by atoms with Gasteiger partial charge in [0.2, 0.25) is 0 Å². The number of aromatic nitrogens is 6. The Morgan fingerprint density at radius 1 is 1.19 bits per heavy atom. The first kappa shape index (κ1) is 13.2. The number of rotatable bonds is 4. The lowest BCUT2D eigenvalue weighted by molar-refractivity contribution is 0.188. The number of tetrazole rings is 1. The van der Waals surface area contributed by atoms with Crippen molar-refractivity contribution in [2.24, 2.45) is 0 Å². The molecule has 0 saturated carbocycles. The molecule has 0 bridgehead atoms. The maximum absolute atomic E-state index is 5.41. The van der Waals surface area contributed by atoms with Gasteiger partial charge in [0.05, 0.1) is 5.69 Å². The van der Waals surface area contributed by atoms with E-state index in [4.69, 9.17) is 9.26 Å². The molecule has 8 nitrogen and oxygen atoms in total. The van der Waals surface area contributed by atoms with Crippen LogP contribution in [0.3, 0.4) is 0 Å². The van der Waals surface area contributed by atoms with Crippen LogP contribution < -0.4 is 4.74 Å². The van der Waals surface area contributed by atoms with Crippen LogP contribution in [0.15, 0.2) is 22.7 Å². The van der Waals surface area contributed by atoms with E-state index in [9.17, 15) is 0 Å². The molecule has 2 aromatic heterocycles. The Bertz CT molecular complexity index is 743. The molecule has 0 saturated heterocycles. The van der Waals surface area contributed by atoms with Crippen LogP contribution in [0.5, 0.6) is 6.08 Å². The zero-order chi connectivity index (χ0) is 14.8. The predicted octanol–water partition coefficient (Wildman–Crippen LogP) is 1.55. The molecule has 0 radical (unpaired) electrons. The number of para-hydroxylation sites is 1. The lowest BCUT2D eigenvalue weighted by Gasteiger charge is -2.10. The van der Waals surface area contributed by atoms with Crippen molar-refractivity contribution in [3.05, 3.63) is 41.0 Å². The first-order valence-corrected chi connectivity index (χ1v) is 6.42. The standard InChI is InChI=1S/C13H14N6O2/c1-8-5-4-6-9(2)12(8)19-11(15-17-18-19)7-20-13-14-10(3)16-21-13/h4-6H,7H2,1-3H3. The molecule has 0 atom stereocenters. The summed E-state index contributed by atoms with van der Waals surface area (Å²) < 4.78 is 12.0. The topological polar surface area (TPSA) is 91.8 Å². The Morgan fingerprint density at radius 3 is 2.62 bits per heavy atom. The van der Waals surface area contributed by atoms with Gasteiger partial charge < -0.3 is 4.74 Å². The molecule has 0 spiro atoms. The summed E-state index contributed by atoms with van der Waals surface area (Å²) in [5.74, 6) is 1.07. The number of nitrogens with zero attached hydrogens (tertiary/aromatic N) is 6. The summed E-state index contributed by atoms with van der Waals surface area (Å²) >= 11 is 0. The lowest BCUT2D eigenvalue weighted by Crippen LogP contribution is -2.09. The fourth-order valence-electron chi connectivity index (χ4n) is 2.07. The number of benzene rings is 1. The van der Waals surface area contributed by atoms with Crippen molar-refractivity contribution in [3.63, 3.8) is 0 Å². The Balaban J connectivity index is 1.87. The summed E-state index contributed by atoms with van der Waals surface area (Å²) in [6.07, 6.45) is 0.101. The average Bonchev–Trinajstić information content (AvgIpc) is 3.05. The molecule has 0 aliphatic heterocycles. The summed E-state index contributed by atoms with van der Waals surface area (Å²) in [4.78, 5) is 3.97. The van der Waals surface area contributed by atoms with E-state index < -0.39 is 0 Å². The highest BCUT2D eigenvalue weighted by Gasteiger charge is 2.14. The minimum absolute atomic E-state index is 0.101. The van der Waals surface area contributed by atoms with E-state index in [-0.39, 0.29) is 12.7 Å². The minimum atomic E-state index is 0.101. The zero-order valence-corrected chi connectivity index (χ0v) is 11.9. The molecule has 8 heteroatoms. The minimum Gasteiger partial charge on any atom is -0.441 e. The summed E-state index contributed by atoms with van der Waals surface area (Å²) in [7, 11) is 0. The van der Waals surface area contributed by atoms with E-state index in [2.05, 4.69) is 25.7 Å². The van der Waals surface area contributed by atoms with Crippen molar-refractivity contribution in [1.82, 2.24) is 30.3 Å². The fourth-order valence-corrected chi connectivity index (χ4v) is 2.07. The highest BCUT2D eigenvalue weighted by Crippen LogP contribution is 2.19. The molecule has 21 heavy (non-hydrogen) atoms. The van der Waals surface area contributed by atoms with E-state index in [1.165, 1.54) is 0 Å². The maximum Gasteiger partial charge on any atom is 0.417 e. The molecule has 0 aliphatic rings. The Kier molecular flexibility index (Phi) is 3.35. The molecule has 0 amide bonds. The Morgan fingerprint density at radius 2 is 1.95 bits per heavy atom. The molecule has 0 aliphatic carbocycles. The fraction of sp³-hybridized carbons (Fsp3) is 0.308. The van der Waals surface area contributed by atoms with Gasteiger partial charge in [0.15, 0.2) is 18.3 Å². The zero-order valence-electron chi connectivity index (χ0n) is 11.9. The van der Waals surface area contributed by atoms with Crippen LogP contribution in [0, 0.1) is 20.8 Å². The molecule has 2 heterocycles. The van der Waals surface area contributed by atoms with E-state index >= 15 is 0 Å². The van der Waals surface area contributed by atoms with E-state index in [1.807, 2.05) is 32.0 Å². The van der Waals surface area contributed by atoms with Crippen LogP contribution in [0.1, 0.15) is 22.8 Å². The van der Waals surface area contributed by atoms with Crippen molar-refractivity contribution < 1.29 is 9.26 Å². The molecule has 0 N–H and O–H groups in total. The largest absolute Gasteiger partial charge is 0.441 e. The number of aryl methyl sites for hydroxylation is 3. The monoisotopic (exact) mass is 286 g/mol. The quantitative estimate of drug-likeness (QED) is 0.718.